The van der Waals surface area contributed by atoms with Crippen LogP contribution in [0.5, 0.6) is 0 Å². The van der Waals surface area contributed by atoms with Crippen LogP contribution >= 0.6 is 0 Å². The van der Waals surface area contributed by atoms with Gasteiger partial charge in [-0.3, -0.25) is 4.90 Å². The molecule has 2 spiro atoms. The van der Waals surface area contributed by atoms with E-state index in [-0.39, 0.29) is 11.8 Å². The summed E-state index contributed by atoms with van der Waals surface area (Å²) in [5.74, 6) is 2.01. The quantitative estimate of drug-likeness (QED) is 0.725. The highest BCUT2D eigenvalue weighted by molar-refractivity contribution is 5.19. The first-order valence-corrected chi connectivity index (χ1v) is 8.33. The average Bonchev–Trinajstić information content (AvgIpc) is 2.86. The highest BCUT2D eigenvalue weighted by Gasteiger charge is 2.73. The lowest BCUT2D eigenvalue weighted by Crippen LogP contribution is -2.66. The van der Waals surface area contributed by atoms with Crippen molar-refractivity contribution in [2.75, 3.05) is 19.7 Å². The molecule has 2 aliphatic carbocycles. The Morgan fingerprint density at radius 2 is 2.05 bits per heavy atom. The van der Waals surface area contributed by atoms with Crippen LogP contribution in [0.2, 0.25) is 0 Å². The van der Waals surface area contributed by atoms with Gasteiger partial charge < -0.3 is 9.84 Å². The summed E-state index contributed by atoms with van der Waals surface area (Å²) in [4.78, 5) is 2.70. The van der Waals surface area contributed by atoms with Crippen molar-refractivity contribution in [3.05, 3.63) is 0 Å². The van der Waals surface area contributed by atoms with Crippen molar-refractivity contribution in [1.29, 1.82) is 0 Å². The fourth-order valence-electron chi connectivity index (χ4n) is 6.96. The van der Waals surface area contributed by atoms with Gasteiger partial charge in [0.1, 0.15) is 5.72 Å². The van der Waals surface area contributed by atoms with Crippen LogP contribution in [0, 0.1) is 23.2 Å². The fourth-order valence-corrected chi connectivity index (χ4v) is 6.96. The molecule has 7 atom stereocenters. The number of rotatable bonds is 0. The molecule has 5 rings (SSSR count). The van der Waals surface area contributed by atoms with E-state index < -0.39 is 0 Å². The molecule has 5 fully saturated rings. The second-order valence-electron chi connectivity index (χ2n) is 7.78. The van der Waals surface area contributed by atoms with Crippen LogP contribution in [0.15, 0.2) is 0 Å². The zero-order chi connectivity index (χ0) is 12.7. The van der Waals surface area contributed by atoms with Crippen LogP contribution in [0.25, 0.3) is 0 Å². The number of piperidine rings is 1. The predicted octanol–water partition coefficient (Wildman–Crippen LogP) is 2.00. The van der Waals surface area contributed by atoms with Gasteiger partial charge in [-0.1, -0.05) is 0 Å². The standard InChI is InChI=1S/C16H25NO2/c18-14-8-12-7-11-9-16(19-10-11)15(12)4-2-6-17(16)5-1-3-13(14)15/h11-14,18H,1-10H2/t11-,12+,13-,14+,15+,16-/m1/s1. The Kier molecular flexibility index (Phi) is 2.15. The molecule has 0 aromatic heterocycles. The number of hydrogen-bond acceptors (Lipinski definition) is 3. The lowest BCUT2D eigenvalue weighted by molar-refractivity contribution is -0.249. The number of aliphatic hydroxyl groups is 1. The van der Waals surface area contributed by atoms with E-state index in [2.05, 4.69) is 4.90 Å². The zero-order valence-corrected chi connectivity index (χ0v) is 11.7. The SMILES string of the molecule is O[C@H]1C[C@@H]2C[C@H]3CO[C@@]4(C3)N3CCC[C@H]1[C@]24CCC3. The van der Waals surface area contributed by atoms with Gasteiger partial charge in [-0.15, -0.1) is 0 Å². The summed E-state index contributed by atoms with van der Waals surface area (Å²) >= 11 is 0. The molecule has 4 bridgehead atoms. The first-order chi connectivity index (χ1) is 9.26. The van der Waals surface area contributed by atoms with Gasteiger partial charge in [-0.2, -0.15) is 0 Å². The Hall–Kier alpha value is -0.120. The third-order valence-electron chi connectivity index (χ3n) is 7.32. The lowest BCUT2D eigenvalue weighted by Gasteiger charge is -2.60. The molecule has 3 aliphatic heterocycles. The van der Waals surface area contributed by atoms with Crippen LogP contribution in [-0.2, 0) is 4.74 Å². The van der Waals surface area contributed by atoms with Crippen LogP contribution in [0.3, 0.4) is 0 Å². The van der Waals surface area contributed by atoms with Crippen molar-refractivity contribution in [2.45, 2.75) is 56.8 Å². The third-order valence-corrected chi connectivity index (χ3v) is 7.32. The summed E-state index contributed by atoms with van der Waals surface area (Å²) in [6, 6.07) is 0. The van der Waals surface area contributed by atoms with E-state index in [9.17, 15) is 5.11 Å². The summed E-state index contributed by atoms with van der Waals surface area (Å²) < 4.78 is 6.55. The highest BCUT2D eigenvalue weighted by Crippen LogP contribution is 2.70. The highest BCUT2D eigenvalue weighted by atomic mass is 16.5. The normalized spacial score (nSPS) is 62.7. The molecule has 3 heteroatoms. The minimum Gasteiger partial charge on any atom is -0.393 e. The molecule has 0 aromatic rings. The molecule has 3 saturated heterocycles. The number of ether oxygens (including phenoxy) is 1. The molecular weight excluding hydrogens is 238 g/mol. The maximum absolute atomic E-state index is 10.7. The second-order valence-corrected chi connectivity index (χ2v) is 7.78. The van der Waals surface area contributed by atoms with Crippen LogP contribution in [0.1, 0.15) is 44.9 Å². The first-order valence-electron chi connectivity index (χ1n) is 8.33. The van der Waals surface area contributed by atoms with Gasteiger partial charge in [0.2, 0.25) is 0 Å². The number of fused-ring (bicyclic) bond motifs is 1. The van der Waals surface area contributed by atoms with Crippen molar-refractivity contribution in [3.8, 4) is 0 Å². The van der Waals surface area contributed by atoms with E-state index in [0.717, 1.165) is 24.9 Å². The molecule has 19 heavy (non-hydrogen) atoms. The zero-order valence-electron chi connectivity index (χ0n) is 11.7. The fraction of sp³-hybridized carbons (Fsp3) is 1.00. The van der Waals surface area contributed by atoms with Crippen LogP contribution in [-0.4, -0.2) is 41.5 Å². The van der Waals surface area contributed by atoms with Gasteiger partial charge in [-0.25, -0.2) is 0 Å². The maximum atomic E-state index is 10.7. The van der Waals surface area contributed by atoms with Gasteiger partial charge in [0.25, 0.3) is 0 Å². The second kappa shape index (κ2) is 3.55. The summed E-state index contributed by atoms with van der Waals surface area (Å²) in [5.41, 5.74) is 0.325. The van der Waals surface area contributed by atoms with Gasteiger partial charge in [0, 0.05) is 18.5 Å². The lowest BCUT2D eigenvalue weighted by atomic mass is 9.54. The molecule has 0 amide bonds. The van der Waals surface area contributed by atoms with E-state index in [1.165, 1.54) is 51.6 Å². The van der Waals surface area contributed by atoms with Gasteiger partial charge in [0.15, 0.2) is 0 Å². The van der Waals surface area contributed by atoms with Gasteiger partial charge in [-0.05, 0) is 62.7 Å². The van der Waals surface area contributed by atoms with Crippen molar-refractivity contribution in [1.82, 2.24) is 4.90 Å². The molecule has 0 radical (unpaired) electrons. The Bertz CT molecular complexity index is 414. The van der Waals surface area contributed by atoms with Gasteiger partial charge in [0.05, 0.1) is 12.7 Å². The van der Waals surface area contributed by atoms with Crippen LogP contribution < -0.4 is 0 Å². The molecule has 0 aromatic carbocycles. The van der Waals surface area contributed by atoms with Gasteiger partial charge >= 0.3 is 0 Å². The minimum absolute atomic E-state index is 0.0253. The number of hydrogen-bond donors (Lipinski definition) is 1. The summed E-state index contributed by atoms with van der Waals surface area (Å²) in [6.45, 7) is 3.41. The Morgan fingerprint density at radius 3 is 3.00 bits per heavy atom. The summed E-state index contributed by atoms with van der Waals surface area (Å²) in [6.07, 6.45) is 8.69. The van der Waals surface area contributed by atoms with E-state index in [0.29, 0.717) is 11.3 Å². The van der Waals surface area contributed by atoms with Crippen molar-refractivity contribution in [3.63, 3.8) is 0 Å². The first kappa shape index (κ1) is 11.5. The maximum Gasteiger partial charge on any atom is 0.128 e. The van der Waals surface area contributed by atoms with Crippen LogP contribution in [0.4, 0.5) is 0 Å². The van der Waals surface area contributed by atoms with Crippen molar-refractivity contribution in [2.24, 2.45) is 23.2 Å². The number of nitrogens with zero attached hydrogens (tertiary/aromatic N) is 1. The monoisotopic (exact) mass is 263 g/mol. The molecule has 1 unspecified atom stereocenters. The number of aliphatic hydroxyl groups excluding tert-OH is 1. The molecule has 1 N–H and O–H groups in total. The smallest absolute Gasteiger partial charge is 0.128 e. The third kappa shape index (κ3) is 1.14. The molecule has 3 nitrogen and oxygen atoms in total. The molecular formula is C16H25NO2. The predicted molar refractivity (Wildman–Crippen MR) is 71.5 cm³/mol. The Morgan fingerprint density at radius 1 is 1.16 bits per heavy atom. The molecule has 3 heterocycles. The van der Waals surface area contributed by atoms with E-state index in [1.54, 1.807) is 0 Å². The minimum atomic E-state index is -0.0529. The molecule has 106 valence electrons. The molecule has 5 aliphatic rings. The van der Waals surface area contributed by atoms with E-state index >= 15 is 0 Å². The van der Waals surface area contributed by atoms with E-state index in [1.807, 2.05) is 0 Å². The summed E-state index contributed by atoms with van der Waals surface area (Å²) in [5, 5.41) is 10.7. The van der Waals surface area contributed by atoms with Crippen molar-refractivity contribution >= 4 is 0 Å². The van der Waals surface area contributed by atoms with Crippen molar-refractivity contribution < 1.29 is 9.84 Å². The average molecular weight is 263 g/mol. The Labute approximate surface area is 115 Å². The van der Waals surface area contributed by atoms with E-state index in [4.69, 9.17) is 4.74 Å². The topological polar surface area (TPSA) is 32.7 Å². The Balaban J connectivity index is 1.73. The molecule has 2 saturated carbocycles. The summed E-state index contributed by atoms with van der Waals surface area (Å²) in [7, 11) is 0. The largest absolute Gasteiger partial charge is 0.393 e.